The lowest BCUT2D eigenvalue weighted by molar-refractivity contribution is -0.132. The summed E-state index contributed by atoms with van der Waals surface area (Å²) in [6.07, 6.45) is 1.95. The zero-order chi connectivity index (χ0) is 19.1. The predicted octanol–water partition coefficient (Wildman–Crippen LogP) is 3.38. The van der Waals surface area contributed by atoms with Crippen LogP contribution in [0.15, 0.2) is 30.0 Å². The maximum Gasteiger partial charge on any atom is 0.222 e. The van der Waals surface area contributed by atoms with Gasteiger partial charge in [-0.05, 0) is 24.1 Å². The summed E-state index contributed by atoms with van der Waals surface area (Å²) in [5, 5.41) is 21.3. The number of rotatable bonds is 5. The third kappa shape index (κ3) is 5.15. The van der Waals surface area contributed by atoms with Crippen molar-refractivity contribution in [3.63, 3.8) is 0 Å². The Morgan fingerprint density at radius 3 is 2.50 bits per heavy atom. The number of carbonyl (C=O) groups is 1. The van der Waals surface area contributed by atoms with Gasteiger partial charge in [0.25, 0.3) is 0 Å². The molecule has 1 aliphatic heterocycles. The van der Waals surface area contributed by atoms with Crippen molar-refractivity contribution in [1.29, 1.82) is 10.5 Å². The molecule has 0 radical (unpaired) electrons. The van der Waals surface area contributed by atoms with E-state index in [1.54, 1.807) is 12.1 Å². The van der Waals surface area contributed by atoms with Gasteiger partial charge in [0.1, 0.15) is 17.7 Å². The first-order chi connectivity index (χ1) is 12.4. The molecule has 0 aromatic heterocycles. The van der Waals surface area contributed by atoms with Gasteiger partial charge in [-0.1, -0.05) is 25.4 Å². The summed E-state index contributed by atoms with van der Waals surface area (Å²) in [6, 6.07) is 9.10. The predicted molar refractivity (Wildman–Crippen MR) is 103 cm³/mol. The van der Waals surface area contributed by atoms with Gasteiger partial charge in [0.15, 0.2) is 0 Å². The molecule has 0 unspecified atom stereocenters. The molecule has 1 heterocycles. The molecule has 1 amide bonds. The molecular weight excluding hydrogens is 350 g/mol. The van der Waals surface area contributed by atoms with Crippen molar-refractivity contribution >= 4 is 28.9 Å². The molecule has 1 N–H and O–H groups in total. The molecular formula is C19H22ClN5O. The second-order valence-electron chi connectivity index (χ2n) is 6.55. The third-order valence-electron chi connectivity index (χ3n) is 4.13. The summed E-state index contributed by atoms with van der Waals surface area (Å²) in [6.45, 7) is 6.87. The minimum Gasteiger partial charge on any atom is -0.366 e. The van der Waals surface area contributed by atoms with Crippen molar-refractivity contribution in [2.24, 2.45) is 5.92 Å². The summed E-state index contributed by atoms with van der Waals surface area (Å²) in [4.78, 5) is 16.3. The highest BCUT2D eigenvalue weighted by molar-refractivity contribution is 6.31. The highest BCUT2D eigenvalue weighted by Crippen LogP contribution is 2.30. The zero-order valence-electron chi connectivity index (χ0n) is 15.0. The van der Waals surface area contributed by atoms with Crippen molar-refractivity contribution in [1.82, 2.24) is 4.90 Å². The maximum atomic E-state index is 12.2. The van der Waals surface area contributed by atoms with Crippen molar-refractivity contribution in [2.75, 3.05) is 36.4 Å². The number of benzene rings is 1. The molecule has 0 saturated carbocycles. The molecule has 6 nitrogen and oxygen atoms in total. The van der Waals surface area contributed by atoms with Gasteiger partial charge < -0.3 is 15.1 Å². The van der Waals surface area contributed by atoms with Gasteiger partial charge in [-0.25, -0.2) is 0 Å². The average Bonchev–Trinajstić information content (AvgIpc) is 2.62. The Hall–Kier alpha value is -2.70. The van der Waals surface area contributed by atoms with Crippen LogP contribution < -0.4 is 10.2 Å². The summed E-state index contributed by atoms with van der Waals surface area (Å²) >= 11 is 6.09. The fraction of sp³-hybridized carbons (Fsp3) is 0.421. The first-order valence-electron chi connectivity index (χ1n) is 8.53. The maximum absolute atomic E-state index is 12.2. The molecule has 1 aromatic rings. The second-order valence-corrected chi connectivity index (χ2v) is 6.99. The van der Waals surface area contributed by atoms with Crippen molar-refractivity contribution in [3.05, 3.63) is 35.0 Å². The van der Waals surface area contributed by atoms with E-state index < -0.39 is 0 Å². The van der Waals surface area contributed by atoms with Crippen LogP contribution in [0.25, 0.3) is 0 Å². The van der Waals surface area contributed by atoms with Gasteiger partial charge >= 0.3 is 0 Å². The van der Waals surface area contributed by atoms with Crippen LogP contribution in [0.2, 0.25) is 5.02 Å². The number of hydrogen-bond donors (Lipinski definition) is 1. The van der Waals surface area contributed by atoms with E-state index in [9.17, 15) is 4.79 Å². The number of carbonyl (C=O) groups excluding carboxylic acids is 1. The first kappa shape index (κ1) is 19.6. The van der Waals surface area contributed by atoms with Crippen LogP contribution in [-0.2, 0) is 4.79 Å². The van der Waals surface area contributed by atoms with Crippen molar-refractivity contribution in [2.45, 2.75) is 20.3 Å². The lowest BCUT2D eigenvalue weighted by Crippen LogP contribution is -2.49. The van der Waals surface area contributed by atoms with Gasteiger partial charge in [-0.3, -0.25) is 4.79 Å². The van der Waals surface area contributed by atoms with Crippen molar-refractivity contribution < 1.29 is 4.79 Å². The number of nitriles is 2. The average molecular weight is 372 g/mol. The van der Waals surface area contributed by atoms with Crippen LogP contribution in [0.1, 0.15) is 20.3 Å². The Morgan fingerprint density at radius 2 is 1.92 bits per heavy atom. The van der Waals surface area contributed by atoms with E-state index >= 15 is 0 Å². The molecule has 26 heavy (non-hydrogen) atoms. The highest BCUT2D eigenvalue weighted by atomic mass is 35.5. The zero-order valence-corrected chi connectivity index (χ0v) is 15.8. The monoisotopic (exact) mass is 371 g/mol. The van der Waals surface area contributed by atoms with Crippen LogP contribution in [0.3, 0.4) is 0 Å². The summed E-state index contributed by atoms with van der Waals surface area (Å²) in [7, 11) is 0. The van der Waals surface area contributed by atoms with Crippen LogP contribution in [0.4, 0.5) is 11.4 Å². The summed E-state index contributed by atoms with van der Waals surface area (Å²) in [5.41, 5.74) is 1.64. The van der Waals surface area contributed by atoms with Gasteiger partial charge in [0.2, 0.25) is 5.91 Å². The Balaban J connectivity index is 2.11. The van der Waals surface area contributed by atoms with E-state index in [4.69, 9.17) is 22.1 Å². The molecule has 1 aromatic carbocycles. The fourth-order valence-corrected chi connectivity index (χ4v) is 2.99. The van der Waals surface area contributed by atoms with Gasteiger partial charge in [-0.15, -0.1) is 0 Å². The SMILES string of the molecule is CC(C)CC(=O)N1CCN(c2ccc(Cl)cc2NC=C(C#N)C#N)CC1. The molecule has 1 saturated heterocycles. The van der Waals surface area contributed by atoms with Crippen LogP contribution in [0.5, 0.6) is 0 Å². The number of halogens is 1. The van der Waals surface area contributed by atoms with Crippen LogP contribution >= 0.6 is 11.6 Å². The van der Waals surface area contributed by atoms with Gasteiger partial charge in [0.05, 0.1) is 11.4 Å². The van der Waals surface area contributed by atoms with E-state index in [0.717, 1.165) is 11.4 Å². The quantitative estimate of drug-likeness (QED) is 0.802. The van der Waals surface area contributed by atoms with Gasteiger partial charge in [-0.2, -0.15) is 10.5 Å². The number of allylic oxidation sites excluding steroid dienone is 1. The number of nitrogens with one attached hydrogen (secondary N) is 1. The Kier molecular flexibility index (Phi) is 6.89. The minimum absolute atomic E-state index is 0.0139. The molecule has 2 rings (SSSR count). The summed E-state index contributed by atoms with van der Waals surface area (Å²) < 4.78 is 0. The number of anilines is 2. The Labute approximate surface area is 159 Å². The largest absolute Gasteiger partial charge is 0.366 e. The fourth-order valence-electron chi connectivity index (χ4n) is 2.81. The van der Waals surface area contributed by atoms with E-state index in [-0.39, 0.29) is 11.5 Å². The molecule has 0 bridgehead atoms. The molecule has 7 heteroatoms. The molecule has 0 atom stereocenters. The number of piperazine rings is 1. The lowest BCUT2D eigenvalue weighted by Gasteiger charge is -2.37. The number of hydrogen-bond acceptors (Lipinski definition) is 5. The molecule has 1 fully saturated rings. The molecule has 0 aliphatic carbocycles. The first-order valence-corrected chi connectivity index (χ1v) is 8.91. The number of nitrogens with zero attached hydrogens (tertiary/aromatic N) is 4. The third-order valence-corrected chi connectivity index (χ3v) is 4.36. The van der Waals surface area contributed by atoms with Crippen molar-refractivity contribution in [3.8, 4) is 12.1 Å². The summed E-state index contributed by atoms with van der Waals surface area (Å²) in [5.74, 6) is 0.554. The van der Waals surface area contributed by atoms with Gasteiger partial charge in [0, 0.05) is 43.8 Å². The molecule has 1 aliphatic rings. The van der Waals surface area contributed by atoms with E-state index in [2.05, 4.69) is 10.2 Å². The van der Waals surface area contributed by atoms with E-state index in [1.165, 1.54) is 6.20 Å². The Morgan fingerprint density at radius 1 is 1.27 bits per heavy atom. The Bertz CT molecular complexity index is 751. The second kappa shape index (κ2) is 9.12. The van der Waals surface area contributed by atoms with Crippen LogP contribution in [0, 0.1) is 28.6 Å². The smallest absolute Gasteiger partial charge is 0.222 e. The molecule has 136 valence electrons. The van der Waals surface area contributed by atoms with E-state index in [0.29, 0.717) is 43.5 Å². The molecule has 0 spiro atoms. The normalized spacial score (nSPS) is 13.8. The topological polar surface area (TPSA) is 83.2 Å². The van der Waals surface area contributed by atoms with E-state index in [1.807, 2.05) is 37.0 Å². The standard InChI is InChI=1S/C19H22ClN5O/c1-14(2)9-19(26)25-7-5-24(6-8-25)18-4-3-16(20)10-17(18)23-13-15(11-21)12-22/h3-4,10,13-14,23H,5-9H2,1-2H3. The highest BCUT2D eigenvalue weighted by Gasteiger charge is 2.23. The minimum atomic E-state index is -0.0139. The lowest BCUT2D eigenvalue weighted by atomic mass is 10.1. The van der Waals surface area contributed by atoms with Crippen LogP contribution in [-0.4, -0.2) is 37.0 Å². The number of amides is 1.